The molecule has 0 saturated heterocycles. The molecule has 0 bridgehead atoms. The van der Waals surface area contributed by atoms with Gasteiger partial charge >= 0.3 is 0 Å². The third kappa shape index (κ3) is 3.60. The van der Waals surface area contributed by atoms with Crippen LogP contribution in [0.5, 0.6) is 0 Å². The van der Waals surface area contributed by atoms with Gasteiger partial charge in [-0.1, -0.05) is 40.7 Å². The van der Waals surface area contributed by atoms with Crippen LogP contribution in [0, 0.1) is 0 Å². The van der Waals surface area contributed by atoms with E-state index < -0.39 is 0 Å². The van der Waals surface area contributed by atoms with Crippen molar-refractivity contribution in [3.05, 3.63) is 52.7 Å². The van der Waals surface area contributed by atoms with E-state index in [0.717, 1.165) is 10.4 Å². The van der Waals surface area contributed by atoms with Gasteiger partial charge < -0.3 is 8.94 Å². The van der Waals surface area contributed by atoms with Gasteiger partial charge in [0.05, 0.1) is 10.1 Å². The maximum atomic E-state index is 5.99. The molecular weight excluding hydrogens is 380 g/mol. The van der Waals surface area contributed by atoms with E-state index in [1.165, 1.54) is 11.8 Å². The summed E-state index contributed by atoms with van der Waals surface area (Å²) >= 11 is 8.91. The number of hydrogen-bond acceptors (Lipinski definition) is 8. The van der Waals surface area contributed by atoms with E-state index in [4.69, 9.17) is 20.5 Å². The standard InChI is InChI=1S/C16H11ClN4O2S2/c1-9(14-18-13(21-23-14)12-6-3-7-24-12)25-16-20-19-15(22-16)10-4-2-5-11(17)8-10/h2-9H,1H3. The maximum absolute atomic E-state index is 5.99. The molecule has 0 aliphatic rings. The van der Waals surface area contributed by atoms with Crippen LogP contribution in [0.25, 0.3) is 22.2 Å². The lowest BCUT2D eigenvalue weighted by molar-refractivity contribution is 0.379. The van der Waals surface area contributed by atoms with Gasteiger partial charge in [-0.05, 0) is 36.6 Å². The van der Waals surface area contributed by atoms with Crippen molar-refractivity contribution in [2.45, 2.75) is 17.4 Å². The summed E-state index contributed by atoms with van der Waals surface area (Å²) in [5.41, 5.74) is 0.775. The van der Waals surface area contributed by atoms with Gasteiger partial charge in [0.15, 0.2) is 0 Å². The molecule has 0 spiro atoms. The molecule has 0 amide bonds. The molecule has 0 fully saturated rings. The largest absolute Gasteiger partial charge is 0.411 e. The zero-order valence-corrected chi connectivity index (χ0v) is 15.3. The van der Waals surface area contributed by atoms with Gasteiger partial charge in [-0.25, -0.2) is 0 Å². The number of thioether (sulfide) groups is 1. The lowest BCUT2D eigenvalue weighted by Gasteiger charge is -2.00. The number of thiophene rings is 1. The molecule has 9 heteroatoms. The molecule has 4 rings (SSSR count). The van der Waals surface area contributed by atoms with Crippen molar-refractivity contribution in [3.63, 3.8) is 0 Å². The normalized spacial score (nSPS) is 12.4. The Hall–Kier alpha value is -2.16. The lowest BCUT2D eigenvalue weighted by atomic mass is 10.2. The topological polar surface area (TPSA) is 77.8 Å². The number of hydrogen-bond donors (Lipinski definition) is 0. The molecule has 0 N–H and O–H groups in total. The highest BCUT2D eigenvalue weighted by atomic mass is 35.5. The van der Waals surface area contributed by atoms with Gasteiger partial charge in [0.2, 0.25) is 17.6 Å². The molecule has 3 aromatic heterocycles. The first-order valence-corrected chi connectivity index (χ1v) is 9.46. The first kappa shape index (κ1) is 16.3. The minimum Gasteiger partial charge on any atom is -0.411 e. The predicted molar refractivity (Wildman–Crippen MR) is 96.6 cm³/mol. The fraction of sp³-hybridized carbons (Fsp3) is 0.125. The van der Waals surface area contributed by atoms with Crippen molar-refractivity contribution in [2.75, 3.05) is 0 Å². The summed E-state index contributed by atoms with van der Waals surface area (Å²) in [6.07, 6.45) is 0. The summed E-state index contributed by atoms with van der Waals surface area (Å²) < 4.78 is 11.0. The molecule has 0 saturated carbocycles. The Morgan fingerprint density at radius 2 is 2.12 bits per heavy atom. The van der Waals surface area contributed by atoms with E-state index in [-0.39, 0.29) is 5.25 Å². The summed E-state index contributed by atoms with van der Waals surface area (Å²) in [6.45, 7) is 1.94. The van der Waals surface area contributed by atoms with Gasteiger partial charge in [-0.3, -0.25) is 0 Å². The molecule has 1 unspecified atom stereocenters. The molecule has 0 aliphatic heterocycles. The average molecular weight is 391 g/mol. The van der Waals surface area contributed by atoms with Crippen molar-refractivity contribution >= 4 is 34.7 Å². The summed E-state index contributed by atoms with van der Waals surface area (Å²) in [5, 5.41) is 15.0. The quantitative estimate of drug-likeness (QED) is 0.424. The van der Waals surface area contributed by atoms with Crippen molar-refractivity contribution in [3.8, 4) is 22.2 Å². The number of halogens is 1. The monoisotopic (exact) mass is 390 g/mol. The Bertz CT molecular complexity index is 984. The van der Waals surface area contributed by atoms with E-state index >= 15 is 0 Å². The molecule has 4 aromatic rings. The summed E-state index contributed by atoms with van der Waals surface area (Å²) in [5.74, 6) is 1.51. The van der Waals surface area contributed by atoms with Crippen LogP contribution in [-0.4, -0.2) is 20.3 Å². The molecular formula is C16H11ClN4O2S2. The van der Waals surface area contributed by atoms with E-state index in [1.54, 1.807) is 23.5 Å². The summed E-state index contributed by atoms with van der Waals surface area (Å²) in [4.78, 5) is 5.40. The van der Waals surface area contributed by atoms with Gasteiger partial charge in [-0.2, -0.15) is 4.98 Å². The van der Waals surface area contributed by atoms with Crippen LogP contribution in [0.1, 0.15) is 18.1 Å². The molecule has 3 heterocycles. The number of aromatic nitrogens is 4. The fourth-order valence-electron chi connectivity index (χ4n) is 2.10. The van der Waals surface area contributed by atoms with Crippen molar-refractivity contribution in [1.82, 2.24) is 20.3 Å². The number of nitrogens with zero attached hydrogens (tertiary/aromatic N) is 4. The molecule has 25 heavy (non-hydrogen) atoms. The minimum absolute atomic E-state index is 0.117. The molecule has 126 valence electrons. The summed E-state index contributed by atoms with van der Waals surface area (Å²) in [6, 6.07) is 11.2. The Balaban J connectivity index is 1.49. The summed E-state index contributed by atoms with van der Waals surface area (Å²) in [7, 11) is 0. The first-order valence-electron chi connectivity index (χ1n) is 7.32. The van der Waals surface area contributed by atoms with Crippen molar-refractivity contribution in [1.29, 1.82) is 0 Å². The fourth-order valence-corrected chi connectivity index (χ4v) is 3.66. The first-order chi connectivity index (χ1) is 12.2. The zero-order valence-electron chi connectivity index (χ0n) is 12.9. The highest BCUT2D eigenvalue weighted by Gasteiger charge is 2.20. The number of benzene rings is 1. The van der Waals surface area contributed by atoms with E-state index in [9.17, 15) is 0 Å². The lowest BCUT2D eigenvalue weighted by Crippen LogP contribution is -1.88. The molecule has 6 nitrogen and oxygen atoms in total. The van der Waals surface area contributed by atoms with Crippen LogP contribution in [0.4, 0.5) is 0 Å². The Morgan fingerprint density at radius 3 is 2.92 bits per heavy atom. The van der Waals surface area contributed by atoms with Crippen LogP contribution in [-0.2, 0) is 0 Å². The second-order valence-corrected chi connectivity index (χ2v) is 7.75. The van der Waals surface area contributed by atoms with Gasteiger partial charge in [-0.15, -0.1) is 21.5 Å². The van der Waals surface area contributed by atoms with E-state index in [0.29, 0.717) is 27.9 Å². The molecule has 1 atom stereocenters. The van der Waals surface area contributed by atoms with Crippen LogP contribution < -0.4 is 0 Å². The highest BCUT2D eigenvalue weighted by molar-refractivity contribution is 7.99. The Labute approximate surface area is 156 Å². The number of rotatable bonds is 5. The average Bonchev–Trinajstić information content (AvgIpc) is 3.35. The van der Waals surface area contributed by atoms with Gasteiger partial charge in [0.1, 0.15) is 0 Å². The van der Waals surface area contributed by atoms with Crippen LogP contribution in [0.15, 0.2) is 55.9 Å². The SMILES string of the molecule is CC(Sc1nnc(-c2cccc(Cl)c2)o1)c1nc(-c2cccs2)no1. The Kier molecular flexibility index (Phi) is 4.56. The third-order valence-electron chi connectivity index (χ3n) is 3.29. The molecule has 1 aromatic carbocycles. The van der Waals surface area contributed by atoms with Crippen LogP contribution in [0.3, 0.4) is 0 Å². The van der Waals surface area contributed by atoms with Gasteiger partial charge in [0.25, 0.3) is 5.22 Å². The second-order valence-electron chi connectivity index (χ2n) is 5.08. The van der Waals surface area contributed by atoms with Crippen LogP contribution in [0.2, 0.25) is 5.02 Å². The van der Waals surface area contributed by atoms with E-state index in [2.05, 4.69) is 20.3 Å². The predicted octanol–water partition coefficient (Wildman–Crippen LogP) is 5.35. The highest BCUT2D eigenvalue weighted by Crippen LogP contribution is 2.35. The Morgan fingerprint density at radius 1 is 1.20 bits per heavy atom. The molecule has 0 aliphatic carbocycles. The second kappa shape index (κ2) is 6.99. The molecule has 0 radical (unpaired) electrons. The van der Waals surface area contributed by atoms with Gasteiger partial charge in [0, 0.05) is 10.6 Å². The maximum Gasteiger partial charge on any atom is 0.277 e. The van der Waals surface area contributed by atoms with Crippen molar-refractivity contribution in [2.24, 2.45) is 0 Å². The smallest absolute Gasteiger partial charge is 0.277 e. The van der Waals surface area contributed by atoms with Crippen molar-refractivity contribution < 1.29 is 8.94 Å². The third-order valence-corrected chi connectivity index (χ3v) is 5.31. The van der Waals surface area contributed by atoms with E-state index in [1.807, 2.05) is 36.6 Å². The minimum atomic E-state index is -0.117. The van der Waals surface area contributed by atoms with Crippen LogP contribution >= 0.6 is 34.7 Å². The zero-order chi connectivity index (χ0) is 17.2.